The summed E-state index contributed by atoms with van der Waals surface area (Å²) in [6.07, 6.45) is 1.87. The van der Waals surface area contributed by atoms with E-state index in [-0.39, 0.29) is 0 Å². The number of aromatic nitrogens is 2. The van der Waals surface area contributed by atoms with Crippen molar-refractivity contribution >= 4 is 28.2 Å². The molecule has 0 saturated carbocycles. The maximum atomic E-state index is 6.10. The molecule has 2 fully saturated rings. The van der Waals surface area contributed by atoms with Crippen molar-refractivity contribution in [1.82, 2.24) is 14.9 Å². The number of nitrogens with one attached hydrogen (secondary N) is 1. The lowest BCUT2D eigenvalue weighted by Gasteiger charge is -2.28. The first-order chi connectivity index (χ1) is 18.8. The summed E-state index contributed by atoms with van der Waals surface area (Å²) in [6.45, 7) is 8.47. The van der Waals surface area contributed by atoms with E-state index in [1.165, 1.54) is 5.69 Å². The Morgan fingerprint density at radius 3 is 2.42 bits per heavy atom. The first-order valence-electron chi connectivity index (χ1n) is 13.3. The molecule has 0 bridgehead atoms. The van der Waals surface area contributed by atoms with Gasteiger partial charge >= 0.3 is 0 Å². The Morgan fingerprint density at radius 2 is 1.61 bits per heavy atom. The van der Waals surface area contributed by atoms with Gasteiger partial charge in [0, 0.05) is 61.2 Å². The lowest BCUT2D eigenvalue weighted by atomic mass is 10.0. The molecule has 8 nitrogen and oxygen atoms in total. The summed E-state index contributed by atoms with van der Waals surface area (Å²) in [4.78, 5) is 14.2. The van der Waals surface area contributed by atoms with Gasteiger partial charge in [-0.05, 0) is 42.0 Å². The third kappa shape index (κ3) is 5.88. The van der Waals surface area contributed by atoms with Crippen LogP contribution < -0.4 is 15.0 Å². The SMILES string of the molecule is c1cc(OCCN2CCOCC2)cc(-c2cccc3cnc(Nc4ccc(N5CCOCC5)cc4)nc23)c1. The molecule has 4 aromatic rings. The molecular weight excluding hydrogens is 478 g/mol. The van der Waals surface area contributed by atoms with Crippen LogP contribution in [0.2, 0.25) is 0 Å². The monoisotopic (exact) mass is 511 g/mol. The summed E-state index contributed by atoms with van der Waals surface area (Å²) < 4.78 is 17.0. The summed E-state index contributed by atoms with van der Waals surface area (Å²) in [5.74, 6) is 1.43. The molecule has 1 N–H and O–H groups in total. The molecular formula is C30H33N5O3. The molecule has 1 aromatic heterocycles. The smallest absolute Gasteiger partial charge is 0.227 e. The molecule has 0 spiro atoms. The second-order valence-electron chi connectivity index (χ2n) is 9.54. The van der Waals surface area contributed by atoms with Gasteiger partial charge in [-0.1, -0.05) is 30.3 Å². The maximum Gasteiger partial charge on any atom is 0.227 e. The third-order valence-corrected chi connectivity index (χ3v) is 7.04. The number of ether oxygens (including phenoxy) is 3. The highest BCUT2D eigenvalue weighted by Crippen LogP contribution is 2.30. The van der Waals surface area contributed by atoms with Crippen molar-refractivity contribution in [2.45, 2.75) is 0 Å². The van der Waals surface area contributed by atoms with E-state index in [1.807, 2.05) is 30.5 Å². The largest absolute Gasteiger partial charge is 0.492 e. The van der Waals surface area contributed by atoms with Crippen molar-refractivity contribution in [3.05, 3.63) is 72.9 Å². The van der Waals surface area contributed by atoms with Gasteiger partial charge in [0.15, 0.2) is 0 Å². The number of morpholine rings is 2. The Labute approximate surface area is 223 Å². The topological polar surface area (TPSA) is 72.0 Å². The second-order valence-corrected chi connectivity index (χ2v) is 9.54. The average molecular weight is 512 g/mol. The van der Waals surface area contributed by atoms with E-state index in [1.54, 1.807) is 0 Å². The number of nitrogens with zero attached hydrogens (tertiary/aromatic N) is 4. The van der Waals surface area contributed by atoms with E-state index in [9.17, 15) is 0 Å². The van der Waals surface area contributed by atoms with Crippen LogP contribution in [0.25, 0.3) is 22.0 Å². The van der Waals surface area contributed by atoms with Gasteiger partial charge in [0.2, 0.25) is 5.95 Å². The molecule has 0 amide bonds. The van der Waals surface area contributed by atoms with Crippen LogP contribution in [0.15, 0.2) is 72.9 Å². The predicted molar refractivity (Wildman–Crippen MR) is 150 cm³/mol. The van der Waals surface area contributed by atoms with Crippen molar-refractivity contribution in [3.8, 4) is 16.9 Å². The Kier molecular flexibility index (Phi) is 7.62. The number of para-hydroxylation sites is 1. The fraction of sp³-hybridized carbons (Fsp3) is 0.333. The molecule has 0 unspecified atom stereocenters. The summed E-state index contributed by atoms with van der Waals surface area (Å²) in [5.41, 5.74) is 5.18. The highest BCUT2D eigenvalue weighted by atomic mass is 16.5. The van der Waals surface area contributed by atoms with Crippen LogP contribution in [0.4, 0.5) is 17.3 Å². The lowest BCUT2D eigenvalue weighted by molar-refractivity contribution is 0.0322. The lowest BCUT2D eigenvalue weighted by Crippen LogP contribution is -2.38. The van der Waals surface area contributed by atoms with Crippen molar-refractivity contribution < 1.29 is 14.2 Å². The first-order valence-corrected chi connectivity index (χ1v) is 13.3. The molecule has 0 atom stereocenters. The summed E-state index contributed by atoms with van der Waals surface area (Å²) in [6, 6.07) is 22.8. The molecule has 2 aliphatic heterocycles. The quantitative estimate of drug-likeness (QED) is 0.368. The van der Waals surface area contributed by atoms with E-state index in [0.29, 0.717) is 12.6 Å². The van der Waals surface area contributed by atoms with Crippen LogP contribution >= 0.6 is 0 Å². The molecule has 2 saturated heterocycles. The van der Waals surface area contributed by atoms with E-state index < -0.39 is 0 Å². The van der Waals surface area contributed by atoms with Gasteiger partial charge in [0.1, 0.15) is 12.4 Å². The van der Waals surface area contributed by atoms with Gasteiger partial charge in [0.05, 0.1) is 31.9 Å². The number of anilines is 3. The van der Waals surface area contributed by atoms with E-state index in [2.05, 4.69) is 62.6 Å². The highest BCUT2D eigenvalue weighted by molar-refractivity contribution is 5.94. The summed E-state index contributed by atoms with van der Waals surface area (Å²) in [5, 5.41) is 4.37. The molecule has 3 heterocycles. The Morgan fingerprint density at radius 1 is 0.842 bits per heavy atom. The fourth-order valence-electron chi connectivity index (χ4n) is 4.93. The molecule has 0 aliphatic carbocycles. The summed E-state index contributed by atoms with van der Waals surface area (Å²) in [7, 11) is 0. The number of benzene rings is 3. The number of fused-ring (bicyclic) bond motifs is 1. The second kappa shape index (κ2) is 11.8. The van der Waals surface area contributed by atoms with Crippen molar-refractivity contribution in [2.75, 3.05) is 76.0 Å². The number of rotatable bonds is 8. The average Bonchev–Trinajstić information content (AvgIpc) is 2.98. The minimum atomic E-state index is 0.571. The van der Waals surface area contributed by atoms with Crippen LogP contribution in [0.3, 0.4) is 0 Å². The molecule has 196 valence electrons. The van der Waals surface area contributed by atoms with E-state index in [0.717, 1.165) is 92.6 Å². The van der Waals surface area contributed by atoms with Crippen molar-refractivity contribution in [2.24, 2.45) is 0 Å². The van der Waals surface area contributed by atoms with Gasteiger partial charge in [-0.25, -0.2) is 9.97 Å². The number of hydrogen-bond donors (Lipinski definition) is 1. The predicted octanol–water partition coefficient (Wildman–Crippen LogP) is 4.59. The Bertz CT molecular complexity index is 1350. The van der Waals surface area contributed by atoms with Gasteiger partial charge < -0.3 is 24.4 Å². The van der Waals surface area contributed by atoms with Crippen molar-refractivity contribution in [3.63, 3.8) is 0 Å². The normalized spacial score (nSPS) is 16.5. The standard InChI is InChI=1S/C30H33N5O3/c1-3-23(21-27(5-1)38-20-13-34-11-16-36-17-12-34)28-6-2-4-24-22-31-30(33-29(24)28)32-25-7-9-26(10-8-25)35-14-18-37-19-15-35/h1-10,21-22H,11-20H2,(H,31,32,33). The zero-order valence-corrected chi connectivity index (χ0v) is 21.5. The molecule has 8 heteroatoms. The minimum absolute atomic E-state index is 0.571. The maximum absolute atomic E-state index is 6.10. The van der Waals surface area contributed by atoms with Gasteiger partial charge in [-0.15, -0.1) is 0 Å². The first kappa shape index (κ1) is 24.6. The zero-order chi connectivity index (χ0) is 25.6. The summed E-state index contributed by atoms with van der Waals surface area (Å²) >= 11 is 0. The van der Waals surface area contributed by atoms with Crippen LogP contribution in [0.1, 0.15) is 0 Å². The van der Waals surface area contributed by atoms with Gasteiger partial charge in [-0.2, -0.15) is 0 Å². The Hall–Kier alpha value is -3.72. The van der Waals surface area contributed by atoms with Gasteiger partial charge in [0.25, 0.3) is 0 Å². The molecule has 2 aliphatic rings. The fourth-order valence-corrected chi connectivity index (χ4v) is 4.93. The molecule has 3 aromatic carbocycles. The van der Waals surface area contributed by atoms with Crippen molar-refractivity contribution in [1.29, 1.82) is 0 Å². The Balaban J connectivity index is 1.17. The minimum Gasteiger partial charge on any atom is -0.492 e. The van der Waals surface area contributed by atoms with E-state index >= 15 is 0 Å². The third-order valence-electron chi connectivity index (χ3n) is 7.04. The van der Waals surface area contributed by atoms with Gasteiger partial charge in [-0.3, -0.25) is 4.90 Å². The molecule has 38 heavy (non-hydrogen) atoms. The highest BCUT2D eigenvalue weighted by Gasteiger charge is 2.13. The van der Waals surface area contributed by atoms with Crippen LogP contribution in [-0.2, 0) is 9.47 Å². The van der Waals surface area contributed by atoms with Crippen LogP contribution in [0.5, 0.6) is 5.75 Å². The van der Waals surface area contributed by atoms with Crippen LogP contribution in [-0.4, -0.2) is 80.6 Å². The molecule has 0 radical (unpaired) electrons. The number of hydrogen-bond acceptors (Lipinski definition) is 8. The molecule has 6 rings (SSSR count). The van der Waals surface area contributed by atoms with Crippen LogP contribution in [0, 0.1) is 0 Å². The zero-order valence-electron chi connectivity index (χ0n) is 21.5. The van der Waals surface area contributed by atoms with E-state index in [4.69, 9.17) is 19.2 Å².